The zero-order valence-corrected chi connectivity index (χ0v) is 14.2. The molecular weight excluding hydrogens is 320 g/mol. The van der Waals surface area contributed by atoms with Crippen LogP contribution in [0.4, 0.5) is 0 Å². The predicted octanol–water partition coefficient (Wildman–Crippen LogP) is 3.10. The molecule has 5 nitrogen and oxygen atoms in total. The third kappa shape index (κ3) is 3.01. The minimum Gasteiger partial charge on any atom is -0.338 e. The molecule has 0 saturated carbocycles. The van der Waals surface area contributed by atoms with Gasteiger partial charge in [-0.1, -0.05) is 6.07 Å². The summed E-state index contributed by atoms with van der Waals surface area (Å²) in [5, 5.41) is 6.35. The van der Waals surface area contributed by atoms with Gasteiger partial charge >= 0.3 is 0 Å². The molecule has 0 unspecified atom stereocenters. The van der Waals surface area contributed by atoms with Gasteiger partial charge < -0.3 is 9.47 Å². The lowest BCUT2D eigenvalue weighted by molar-refractivity contribution is 0.0711. The molecule has 1 saturated heterocycles. The quantitative estimate of drug-likeness (QED) is 0.716. The van der Waals surface area contributed by atoms with Crippen LogP contribution >= 0.6 is 11.3 Å². The lowest BCUT2D eigenvalue weighted by atomic mass is 10.2. The molecule has 4 heterocycles. The Bertz CT molecular complexity index is 791. The SMILES string of the molecule is O=C(c1cccn1Cc1cccs1)N1CCC[C@@H]1Cn1cccn1. The molecule has 1 atom stereocenters. The van der Waals surface area contributed by atoms with Crippen LogP contribution in [0.15, 0.2) is 54.3 Å². The standard InChI is InChI=1S/C18H20N4OS/c23-18(17-7-2-9-20(17)14-16-6-3-12-24-16)22-11-1-5-15(22)13-21-10-4-8-19-21/h2-4,6-10,12,15H,1,5,11,13-14H2/t15-/m1/s1. The fraction of sp³-hybridized carbons (Fsp3) is 0.333. The Balaban J connectivity index is 1.51. The number of aromatic nitrogens is 3. The number of likely N-dealkylation sites (tertiary alicyclic amines) is 1. The second kappa shape index (κ2) is 6.65. The van der Waals surface area contributed by atoms with E-state index in [4.69, 9.17) is 0 Å². The molecular formula is C18H20N4OS. The molecule has 4 rings (SSSR count). The van der Waals surface area contributed by atoms with Crippen molar-refractivity contribution in [1.82, 2.24) is 19.2 Å². The number of amides is 1. The zero-order chi connectivity index (χ0) is 16.4. The van der Waals surface area contributed by atoms with Crippen molar-refractivity contribution in [2.45, 2.75) is 32.0 Å². The summed E-state index contributed by atoms with van der Waals surface area (Å²) in [4.78, 5) is 16.3. The van der Waals surface area contributed by atoms with Crippen molar-refractivity contribution < 1.29 is 4.79 Å². The first kappa shape index (κ1) is 15.2. The molecule has 0 bridgehead atoms. The highest BCUT2D eigenvalue weighted by Crippen LogP contribution is 2.22. The van der Waals surface area contributed by atoms with Gasteiger partial charge in [-0.15, -0.1) is 11.3 Å². The highest BCUT2D eigenvalue weighted by atomic mass is 32.1. The zero-order valence-electron chi connectivity index (χ0n) is 13.4. The van der Waals surface area contributed by atoms with Gasteiger partial charge in [-0.2, -0.15) is 5.10 Å². The fourth-order valence-corrected chi connectivity index (χ4v) is 4.08. The number of rotatable bonds is 5. The van der Waals surface area contributed by atoms with Crippen molar-refractivity contribution in [3.8, 4) is 0 Å². The molecule has 1 aliphatic heterocycles. The Morgan fingerprint density at radius 1 is 1.25 bits per heavy atom. The molecule has 3 aromatic rings. The largest absolute Gasteiger partial charge is 0.338 e. The summed E-state index contributed by atoms with van der Waals surface area (Å²) < 4.78 is 3.97. The maximum Gasteiger partial charge on any atom is 0.270 e. The smallest absolute Gasteiger partial charge is 0.270 e. The van der Waals surface area contributed by atoms with Gasteiger partial charge in [0.15, 0.2) is 0 Å². The first-order chi connectivity index (χ1) is 11.8. The van der Waals surface area contributed by atoms with E-state index in [1.165, 1.54) is 4.88 Å². The Kier molecular flexibility index (Phi) is 4.21. The summed E-state index contributed by atoms with van der Waals surface area (Å²) >= 11 is 1.72. The van der Waals surface area contributed by atoms with E-state index in [2.05, 4.69) is 21.1 Å². The molecule has 0 radical (unpaired) electrons. The van der Waals surface area contributed by atoms with E-state index in [1.807, 2.05) is 46.2 Å². The molecule has 1 fully saturated rings. The van der Waals surface area contributed by atoms with Gasteiger partial charge in [0.05, 0.1) is 19.1 Å². The van der Waals surface area contributed by atoms with E-state index >= 15 is 0 Å². The second-order valence-corrected chi connectivity index (χ2v) is 7.16. The van der Waals surface area contributed by atoms with Crippen LogP contribution in [0.25, 0.3) is 0 Å². The molecule has 0 N–H and O–H groups in total. The molecule has 124 valence electrons. The summed E-state index contributed by atoms with van der Waals surface area (Å²) in [6.07, 6.45) is 7.83. The Hall–Kier alpha value is -2.34. The summed E-state index contributed by atoms with van der Waals surface area (Å²) in [5.41, 5.74) is 0.774. The molecule has 6 heteroatoms. The number of carbonyl (C=O) groups excluding carboxylic acids is 1. The number of nitrogens with zero attached hydrogens (tertiary/aromatic N) is 4. The average molecular weight is 340 g/mol. The Labute approximate surface area is 145 Å². The van der Waals surface area contributed by atoms with E-state index < -0.39 is 0 Å². The first-order valence-corrected chi connectivity index (χ1v) is 9.15. The highest BCUT2D eigenvalue weighted by Gasteiger charge is 2.31. The van der Waals surface area contributed by atoms with E-state index in [0.29, 0.717) is 0 Å². The monoisotopic (exact) mass is 340 g/mol. The normalized spacial score (nSPS) is 17.5. The van der Waals surface area contributed by atoms with Crippen molar-refractivity contribution in [3.63, 3.8) is 0 Å². The van der Waals surface area contributed by atoms with Crippen LogP contribution in [0, 0.1) is 0 Å². The van der Waals surface area contributed by atoms with Gasteiger partial charge in [-0.25, -0.2) is 0 Å². The predicted molar refractivity (Wildman–Crippen MR) is 94.1 cm³/mol. The van der Waals surface area contributed by atoms with Crippen LogP contribution < -0.4 is 0 Å². The lowest BCUT2D eigenvalue weighted by Gasteiger charge is -2.25. The van der Waals surface area contributed by atoms with Crippen LogP contribution in [0.3, 0.4) is 0 Å². The summed E-state index contributed by atoms with van der Waals surface area (Å²) in [7, 11) is 0. The summed E-state index contributed by atoms with van der Waals surface area (Å²) in [6, 6.07) is 10.2. The van der Waals surface area contributed by atoms with Gasteiger partial charge in [-0.3, -0.25) is 9.48 Å². The third-order valence-corrected chi connectivity index (χ3v) is 5.41. The molecule has 1 amide bonds. The Morgan fingerprint density at radius 3 is 3.00 bits per heavy atom. The molecule has 0 spiro atoms. The van der Waals surface area contributed by atoms with Crippen molar-refractivity contribution in [2.24, 2.45) is 0 Å². The van der Waals surface area contributed by atoms with Gasteiger partial charge in [0.25, 0.3) is 5.91 Å². The van der Waals surface area contributed by atoms with Crippen molar-refractivity contribution in [2.75, 3.05) is 6.54 Å². The highest BCUT2D eigenvalue weighted by molar-refractivity contribution is 7.09. The molecule has 0 aliphatic carbocycles. The van der Waals surface area contributed by atoms with Gasteiger partial charge in [0.2, 0.25) is 0 Å². The number of hydrogen-bond acceptors (Lipinski definition) is 3. The fourth-order valence-electron chi connectivity index (χ4n) is 3.38. The van der Waals surface area contributed by atoms with Gasteiger partial charge in [0, 0.05) is 30.0 Å². The van der Waals surface area contributed by atoms with Crippen LogP contribution in [0.1, 0.15) is 28.2 Å². The van der Waals surface area contributed by atoms with E-state index in [9.17, 15) is 4.79 Å². The number of thiophene rings is 1. The summed E-state index contributed by atoms with van der Waals surface area (Å²) in [6.45, 7) is 2.35. The maximum absolute atomic E-state index is 13.1. The molecule has 1 aliphatic rings. The molecule has 24 heavy (non-hydrogen) atoms. The van der Waals surface area contributed by atoms with Crippen LogP contribution in [0.2, 0.25) is 0 Å². The van der Waals surface area contributed by atoms with Crippen LogP contribution in [-0.4, -0.2) is 37.7 Å². The Morgan fingerprint density at radius 2 is 2.21 bits per heavy atom. The third-order valence-electron chi connectivity index (χ3n) is 4.55. The van der Waals surface area contributed by atoms with Gasteiger partial charge in [-0.05, 0) is 42.5 Å². The maximum atomic E-state index is 13.1. The van der Waals surface area contributed by atoms with Crippen molar-refractivity contribution >= 4 is 17.2 Å². The summed E-state index contributed by atoms with van der Waals surface area (Å²) in [5.74, 6) is 0.131. The van der Waals surface area contributed by atoms with E-state index in [0.717, 1.165) is 38.2 Å². The lowest BCUT2D eigenvalue weighted by Crippen LogP contribution is -2.39. The topological polar surface area (TPSA) is 43.1 Å². The molecule has 0 aromatic carbocycles. The number of carbonyl (C=O) groups is 1. The van der Waals surface area contributed by atoms with Crippen molar-refractivity contribution in [1.29, 1.82) is 0 Å². The minimum absolute atomic E-state index is 0.131. The van der Waals surface area contributed by atoms with Gasteiger partial charge in [0.1, 0.15) is 5.69 Å². The first-order valence-electron chi connectivity index (χ1n) is 8.27. The molecule has 3 aromatic heterocycles. The number of hydrogen-bond donors (Lipinski definition) is 0. The average Bonchev–Trinajstić information content (AvgIpc) is 3.37. The van der Waals surface area contributed by atoms with Crippen LogP contribution in [-0.2, 0) is 13.1 Å². The minimum atomic E-state index is 0.131. The van der Waals surface area contributed by atoms with E-state index in [1.54, 1.807) is 17.5 Å². The van der Waals surface area contributed by atoms with Crippen molar-refractivity contribution in [3.05, 3.63) is 64.9 Å². The van der Waals surface area contributed by atoms with E-state index in [-0.39, 0.29) is 11.9 Å². The second-order valence-electron chi connectivity index (χ2n) is 6.12. The van der Waals surface area contributed by atoms with Crippen LogP contribution in [0.5, 0.6) is 0 Å².